The minimum absolute atomic E-state index is 0.00866. The van der Waals surface area contributed by atoms with Gasteiger partial charge in [0.1, 0.15) is 5.75 Å². The average Bonchev–Trinajstić information content (AvgIpc) is 2.42. The van der Waals surface area contributed by atoms with Crippen LogP contribution in [0.4, 0.5) is 5.69 Å². The fourth-order valence-corrected chi connectivity index (χ4v) is 2.74. The van der Waals surface area contributed by atoms with Crippen molar-refractivity contribution >= 4 is 23.4 Å². The molecule has 1 saturated heterocycles. The minimum Gasteiger partial charge on any atom is -0.492 e. The Labute approximate surface area is 111 Å². The number of rotatable bonds is 4. The third kappa shape index (κ3) is 3.40. The number of para-hydroxylation sites is 2. The second kappa shape index (κ2) is 6.66. The molecule has 2 N–H and O–H groups in total. The van der Waals surface area contributed by atoms with Gasteiger partial charge >= 0.3 is 0 Å². The lowest BCUT2D eigenvalue weighted by atomic mass is 10.2. The Kier molecular flexibility index (Phi) is 4.90. The van der Waals surface area contributed by atoms with Crippen LogP contribution in [-0.4, -0.2) is 36.6 Å². The number of amides is 1. The van der Waals surface area contributed by atoms with Crippen LogP contribution in [0.2, 0.25) is 0 Å². The summed E-state index contributed by atoms with van der Waals surface area (Å²) in [6, 6.07) is 7.40. The third-order valence-corrected chi connectivity index (χ3v) is 3.74. The first-order chi connectivity index (χ1) is 8.81. The summed E-state index contributed by atoms with van der Waals surface area (Å²) in [5, 5.41) is 6.14. The summed E-state index contributed by atoms with van der Waals surface area (Å²) in [6.07, 6.45) is 0. The first kappa shape index (κ1) is 13.2. The summed E-state index contributed by atoms with van der Waals surface area (Å²) in [6.45, 7) is 3.40. The first-order valence-corrected chi connectivity index (χ1v) is 7.30. The predicted octanol–water partition coefficient (Wildman–Crippen LogP) is 1.73. The van der Waals surface area contributed by atoms with Crippen molar-refractivity contribution in [2.24, 2.45) is 0 Å². The molecule has 1 aliphatic heterocycles. The SMILES string of the molecule is CCOc1ccccc1NC(=O)C1CSCCN1. The van der Waals surface area contributed by atoms with Gasteiger partial charge in [-0.3, -0.25) is 4.79 Å². The molecule has 1 aliphatic rings. The summed E-state index contributed by atoms with van der Waals surface area (Å²) in [5.74, 6) is 2.62. The highest BCUT2D eigenvalue weighted by Gasteiger charge is 2.21. The highest BCUT2D eigenvalue weighted by Crippen LogP contribution is 2.24. The zero-order chi connectivity index (χ0) is 12.8. The Bertz CT molecular complexity index is 406. The van der Waals surface area contributed by atoms with Gasteiger partial charge in [-0.15, -0.1) is 0 Å². The summed E-state index contributed by atoms with van der Waals surface area (Å²) >= 11 is 1.80. The lowest BCUT2D eigenvalue weighted by molar-refractivity contribution is -0.117. The van der Waals surface area contributed by atoms with E-state index in [4.69, 9.17) is 4.74 Å². The summed E-state index contributed by atoms with van der Waals surface area (Å²) in [4.78, 5) is 12.1. The normalized spacial score (nSPS) is 19.3. The van der Waals surface area contributed by atoms with Gasteiger partial charge in [0.25, 0.3) is 0 Å². The maximum absolute atomic E-state index is 12.1. The van der Waals surface area contributed by atoms with Crippen LogP contribution in [-0.2, 0) is 4.79 Å². The van der Waals surface area contributed by atoms with Crippen molar-refractivity contribution in [3.8, 4) is 5.75 Å². The van der Waals surface area contributed by atoms with E-state index in [-0.39, 0.29) is 11.9 Å². The lowest BCUT2D eigenvalue weighted by Crippen LogP contribution is -2.46. The molecule has 1 unspecified atom stereocenters. The van der Waals surface area contributed by atoms with Gasteiger partial charge in [-0.1, -0.05) is 12.1 Å². The molecule has 1 amide bonds. The topological polar surface area (TPSA) is 50.4 Å². The van der Waals surface area contributed by atoms with E-state index in [2.05, 4.69) is 10.6 Å². The molecular formula is C13H18N2O2S. The van der Waals surface area contributed by atoms with Crippen LogP contribution in [0.1, 0.15) is 6.92 Å². The van der Waals surface area contributed by atoms with Crippen LogP contribution in [0.5, 0.6) is 5.75 Å². The summed E-state index contributed by atoms with van der Waals surface area (Å²) in [5.41, 5.74) is 0.738. The number of ether oxygens (including phenoxy) is 1. The van der Waals surface area contributed by atoms with Crippen molar-refractivity contribution < 1.29 is 9.53 Å². The molecule has 0 saturated carbocycles. The highest BCUT2D eigenvalue weighted by atomic mass is 32.2. The molecule has 1 aromatic carbocycles. The molecule has 0 spiro atoms. The lowest BCUT2D eigenvalue weighted by Gasteiger charge is -2.22. The van der Waals surface area contributed by atoms with Crippen LogP contribution in [0.3, 0.4) is 0 Å². The Balaban J connectivity index is 2.01. The number of nitrogens with one attached hydrogen (secondary N) is 2. The monoisotopic (exact) mass is 266 g/mol. The van der Waals surface area contributed by atoms with Gasteiger partial charge in [0.15, 0.2) is 0 Å². The van der Waals surface area contributed by atoms with E-state index < -0.39 is 0 Å². The van der Waals surface area contributed by atoms with Gasteiger partial charge in [0.05, 0.1) is 18.3 Å². The number of carbonyl (C=O) groups excluding carboxylic acids is 1. The van der Waals surface area contributed by atoms with Crippen molar-refractivity contribution in [2.75, 3.05) is 30.0 Å². The van der Waals surface area contributed by atoms with E-state index in [0.717, 1.165) is 29.5 Å². The minimum atomic E-state index is -0.113. The number of carbonyl (C=O) groups is 1. The van der Waals surface area contributed by atoms with Crippen molar-refractivity contribution in [1.29, 1.82) is 0 Å². The van der Waals surface area contributed by atoms with E-state index in [1.54, 1.807) is 11.8 Å². The van der Waals surface area contributed by atoms with Crippen LogP contribution >= 0.6 is 11.8 Å². The molecule has 18 heavy (non-hydrogen) atoms. The van der Waals surface area contributed by atoms with Crippen molar-refractivity contribution in [1.82, 2.24) is 5.32 Å². The van der Waals surface area contributed by atoms with Gasteiger partial charge in [-0.25, -0.2) is 0 Å². The molecule has 0 bridgehead atoms. The van der Waals surface area contributed by atoms with E-state index in [0.29, 0.717) is 6.61 Å². The molecule has 0 radical (unpaired) electrons. The molecule has 1 aromatic rings. The number of benzene rings is 1. The molecular weight excluding hydrogens is 248 g/mol. The number of anilines is 1. The van der Waals surface area contributed by atoms with Gasteiger partial charge in [-0.2, -0.15) is 11.8 Å². The molecule has 5 heteroatoms. The average molecular weight is 266 g/mol. The summed E-state index contributed by atoms with van der Waals surface area (Å²) in [7, 11) is 0. The molecule has 1 heterocycles. The fraction of sp³-hybridized carbons (Fsp3) is 0.462. The molecule has 0 aliphatic carbocycles. The van der Waals surface area contributed by atoms with Crippen molar-refractivity contribution in [3.63, 3.8) is 0 Å². The van der Waals surface area contributed by atoms with Gasteiger partial charge < -0.3 is 15.4 Å². The first-order valence-electron chi connectivity index (χ1n) is 6.15. The zero-order valence-corrected chi connectivity index (χ0v) is 11.3. The van der Waals surface area contributed by atoms with Gasteiger partial charge in [-0.05, 0) is 19.1 Å². The largest absolute Gasteiger partial charge is 0.492 e. The van der Waals surface area contributed by atoms with Crippen LogP contribution < -0.4 is 15.4 Å². The van der Waals surface area contributed by atoms with Crippen molar-refractivity contribution in [2.45, 2.75) is 13.0 Å². The standard InChI is InChI=1S/C13H18N2O2S/c1-2-17-12-6-4-3-5-10(12)15-13(16)11-9-18-8-7-14-11/h3-6,11,14H,2,7-9H2,1H3,(H,15,16). The third-order valence-electron chi connectivity index (χ3n) is 2.68. The number of thioether (sulfide) groups is 1. The van der Waals surface area contributed by atoms with Gasteiger partial charge in [0, 0.05) is 18.1 Å². The molecule has 98 valence electrons. The molecule has 1 fully saturated rings. The Morgan fingerprint density at radius 3 is 3.11 bits per heavy atom. The predicted molar refractivity (Wildman–Crippen MR) is 75.4 cm³/mol. The smallest absolute Gasteiger partial charge is 0.242 e. The maximum Gasteiger partial charge on any atom is 0.242 e. The summed E-state index contributed by atoms with van der Waals surface area (Å²) < 4.78 is 5.48. The second-order valence-corrected chi connectivity index (χ2v) is 5.15. The van der Waals surface area contributed by atoms with E-state index >= 15 is 0 Å². The Morgan fingerprint density at radius 1 is 1.56 bits per heavy atom. The molecule has 2 rings (SSSR count). The van der Waals surface area contributed by atoms with E-state index in [9.17, 15) is 4.79 Å². The number of hydrogen-bond acceptors (Lipinski definition) is 4. The van der Waals surface area contributed by atoms with Crippen LogP contribution in [0.15, 0.2) is 24.3 Å². The van der Waals surface area contributed by atoms with E-state index in [1.807, 2.05) is 31.2 Å². The number of hydrogen-bond donors (Lipinski definition) is 2. The van der Waals surface area contributed by atoms with E-state index in [1.165, 1.54) is 0 Å². The molecule has 0 aromatic heterocycles. The molecule has 4 nitrogen and oxygen atoms in total. The maximum atomic E-state index is 12.1. The Morgan fingerprint density at radius 2 is 2.39 bits per heavy atom. The second-order valence-electron chi connectivity index (χ2n) is 4.00. The quantitative estimate of drug-likeness (QED) is 0.871. The Hall–Kier alpha value is -1.20. The highest BCUT2D eigenvalue weighted by molar-refractivity contribution is 7.99. The fourth-order valence-electron chi connectivity index (χ4n) is 1.80. The zero-order valence-electron chi connectivity index (χ0n) is 10.4. The van der Waals surface area contributed by atoms with Crippen molar-refractivity contribution in [3.05, 3.63) is 24.3 Å². The molecule has 1 atom stereocenters. The van der Waals surface area contributed by atoms with Crippen LogP contribution in [0.25, 0.3) is 0 Å². The van der Waals surface area contributed by atoms with Crippen LogP contribution in [0, 0.1) is 0 Å². The van der Waals surface area contributed by atoms with Gasteiger partial charge in [0.2, 0.25) is 5.91 Å².